The fraction of sp³-hybridized carbons (Fsp3) is 0.538. The van der Waals surface area contributed by atoms with Gasteiger partial charge in [0.25, 0.3) is 5.69 Å². The van der Waals surface area contributed by atoms with Crippen molar-refractivity contribution in [3.63, 3.8) is 0 Å². The molecule has 1 heterocycles. The second kappa shape index (κ2) is 6.50. The van der Waals surface area contributed by atoms with E-state index in [2.05, 4.69) is 5.32 Å². The Hall–Kier alpha value is -1.51. The SMILES string of the molecule is O=[N+]([O-])c1ccc(C(O)CNC2CCS(=O)(=O)CC2)cc1. The van der Waals surface area contributed by atoms with Gasteiger partial charge in [0.2, 0.25) is 0 Å². The topological polar surface area (TPSA) is 110 Å². The lowest BCUT2D eigenvalue weighted by Crippen LogP contribution is -2.39. The minimum atomic E-state index is -2.89. The predicted octanol–water partition coefficient (Wildman–Crippen LogP) is 0.795. The van der Waals surface area contributed by atoms with Crippen molar-refractivity contribution in [3.8, 4) is 0 Å². The molecule has 1 fully saturated rings. The highest BCUT2D eigenvalue weighted by Gasteiger charge is 2.23. The lowest BCUT2D eigenvalue weighted by molar-refractivity contribution is -0.384. The molecular formula is C13H18N2O5S. The Morgan fingerprint density at radius 3 is 2.38 bits per heavy atom. The number of nitro groups is 1. The summed E-state index contributed by atoms with van der Waals surface area (Å²) >= 11 is 0. The Morgan fingerprint density at radius 2 is 1.86 bits per heavy atom. The quantitative estimate of drug-likeness (QED) is 0.614. The highest BCUT2D eigenvalue weighted by molar-refractivity contribution is 7.91. The van der Waals surface area contributed by atoms with E-state index in [9.17, 15) is 23.6 Å². The molecule has 1 saturated heterocycles. The first-order valence-electron chi connectivity index (χ1n) is 6.73. The number of rotatable bonds is 5. The van der Waals surface area contributed by atoms with Crippen LogP contribution in [0.3, 0.4) is 0 Å². The second-order valence-corrected chi connectivity index (χ2v) is 7.50. The molecule has 2 rings (SSSR count). The zero-order valence-electron chi connectivity index (χ0n) is 11.4. The molecule has 0 saturated carbocycles. The third-order valence-corrected chi connectivity index (χ3v) is 5.36. The Balaban J connectivity index is 1.84. The number of hydrogen-bond donors (Lipinski definition) is 2. The number of nitrogens with one attached hydrogen (secondary N) is 1. The smallest absolute Gasteiger partial charge is 0.269 e. The molecular weight excluding hydrogens is 296 g/mol. The standard InChI is InChI=1S/C13H18N2O5S/c16-13(10-1-3-12(4-2-10)15(17)18)9-14-11-5-7-21(19,20)8-6-11/h1-4,11,13-14,16H,5-9H2. The summed E-state index contributed by atoms with van der Waals surface area (Å²) in [6.07, 6.45) is 0.328. The molecule has 1 aliphatic heterocycles. The maximum absolute atomic E-state index is 11.3. The van der Waals surface area contributed by atoms with Crippen molar-refractivity contribution in [2.24, 2.45) is 0 Å². The van der Waals surface area contributed by atoms with E-state index in [1.54, 1.807) is 0 Å². The lowest BCUT2D eigenvalue weighted by atomic mass is 10.1. The minimum absolute atomic E-state index is 0.0172. The van der Waals surface area contributed by atoms with Crippen molar-refractivity contribution in [2.75, 3.05) is 18.1 Å². The van der Waals surface area contributed by atoms with Crippen LogP contribution in [-0.2, 0) is 9.84 Å². The van der Waals surface area contributed by atoms with Crippen LogP contribution in [0.15, 0.2) is 24.3 Å². The monoisotopic (exact) mass is 314 g/mol. The summed E-state index contributed by atoms with van der Waals surface area (Å²) < 4.78 is 22.6. The fourth-order valence-corrected chi connectivity index (χ4v) is 3.80. The first kappa shape index (κ1) is 15.9. The number of non-ortho nitro benzene ring substituents is 1. The van der Waals surface area contributed by atoms with Gasteiger partial charge < -0.3 is 10.4 Å². The van der Waals surface area contributed by atoms with Crippen molar-refractivity contribution in [2.45, 2.75) is 25.0 Å². The van der Waals surface area contributed by atoms with Crippen molar-refractivity contribution in [3.05, 3.63) is 39.9 Å². The van der Waals surface area contributed by atoms with E-state index in [1.165, 1.54) is 24.3 Å². The second-order valence-electron chi connectivity index (χ2n) is 5.20. The molecule has 21 heavy (non-hydrogen) atoms. The molecule has 1 aromatic rings. The van der Waals surface area contributed by atoms with Crippen LogP contribution in [0.25, 0.3) is 0 Å². The van der Waals surface area contributed by atoms with Gasteiger partial charge in [-0.3, -0.25) is 10.1 Å². The molecule has 7 nitrogen and oxygen atoms in total. The molecule has 0 aliphatic carbocycles. The molecule has 2 N–H and O–H groups in total. The van der Waals surface area contributed by atoms with Gasteiger partial charge >= 0.3 is 0 Å². The van der Waals surface area contributed by atoms with Gasteiger partial charge in [-0.1, -0.05) is 0 Å². The van der Waals surface area contributed by atoms with Gasteiger partial charge in [-0.25, -0.2) is 8.42 Å². The first-order valence-corrected chi connectivity index (χ1v) is 8.56. The Kier molecular flexibility index (Phi) is 4.92. The van der Waals surface area contributed by atoms with Crippen LogP contribution in [0.2, 0.25) is 0 Å². The van der Waals surface area contributed by atoms with Crippen molar-refractivity contribution in [1.82, 2.24) is 5.32 Å². The van der Waals surface area contributed by atoms with Gasteiger partial charge in [-0.05, 0) is 30.5 Å². The number of benzene rings is 1. The van der Waals surface area contributed by atoms with Crippen LogP contribution >= 0.6 is 0 Å². The van der Waals surface area contributed by atoms with Crippen LogP contribution in [0.5, 0.6) is 0 Å². The van der Waals surface area contributed by atoms with Crippen LogP contribution in [-0.4, -0.2) is 42.5 Å². The molecule has 1 aromatic carbocycles. The molecule has 1 aliphatic rings. The fourth-order valence-electron chi connectivity index (χ4n) is 2.31. The molecule has 0 aromatic heterocycles. The number of nitrogens with zero attached hydrogens (tertiary/aromatic N) is 1. The van der Waals surface area contributed by atoms with Crippen LogP contribution < -0.4 is 5.32 Å². The summed E-state index contributed by atoms with van der Waals surface area (Å²) in [6, 6.07) is 5.84. The highest BCUT2D eigenvalue weighted by atomic mass is 32.2. The Bertz CT molecular complexity index is 585. The summed E-state index contributed by atoms with van der Waals surface area (Å²) in [7, 11) is -2.89. The van der Waals surface area contributed by atoms with Crippen molar-refractivity contribution >= 4 is 15.5 Å². The largest absolute Gasteiger partial charge is 0.387 e. The zero-order valence-corrected chi connectivity index (χ0v) is 12.3. The third kappa shape index (κ3) is 4.48. The maximum atomic E-state index is 11.3. The van der Waals surface area contributed by atoms with Gasteiger partial charge in [0.1, 0.15) is 9.84 Å². The van der Waals surface area contributed by atoms with Gasteiger partial charge in [0, 0.05) is 24.7 Å². The molecule has 0 bridgehead atoms. The van der Waals surface area contributed by atoms with E-state index in [1.807, 2.05) is 0 Å². The molecule has 0 spiro atoms. The third-order valence-electron chi connectivity index (χ3n) is 3.64. The van der Waals surface area contributed by atoms with Crippen LogP contribution in [0.4, 0.5) is 5.69 Å². The first-order chi connectivity index (χ1) is 9.87. The number of sulfone groups is 1. The lowest BCUT2D eigenvalue weighted by Gasteiger charge is -2.24. The molecule has 116 valence electrons. The molecule has 0 amide bonds. The molecule has 0 radical (unpaired) electrons. The van der Waals surface area contributed by atoms with E-state index in [0.717, 1.165) is 0 Å². The van der Waals surface area contributed by atoms with E-state index in [0.29, 0.717) is 24.9 Å². The Morgan fingerprint density at radius 1 is 1.29 bits per heavy atom. The number of aliphatic hydroxyl groups is 1. The molecule has 1 atom stereocenters. The zero-order chi connectivity index (χ0) is 15.5. The maximum Gasteiger partial charge on any atom is 0.269 e. The number of aliphatic hydroxyl groups excluding tert-OH is 1. The number of nitro benzene ring substituents is 1. The normalized spacial score (nSPS) is 20.0. The van der Waals surface area contributed by atoms with Crippen LogP contribution in [0, 0.1) is 10.1 Å². The van der Waals surface area contributed by atoms with Gasteiger partial charge in [0.05, 0.1) is 22.5 Å². The van der Waals surface area contributed by atoms with E-state index in [-0.39, 0.29) is 23.2 Å². The molecule has 1 unspecified atom stereocenters. The van der Waals surface area contributed by atoms with Crippen molar-refractivity contribution in [1.29, 1.82) is 0 Å². The highest BCUT2D eigenvalue weighted by Crippen LogP contribution is 2.18. The van der Waals surface area contributed by atoms with E-state index >= 15 is 0 Å². The summed E-state index contributed by atoms with van der Waals surface area (Å²) in [5.41, 5.74) is 0.577. The summed E-state index contributed by atoms with van der Waals surface area (Å²) in [6.45, 7) is 0.294. The van der Waals surface area contributed by atoms with E-state index < -0.39 is 20.9 Å². The van der Waals surface area contributed by atoms with Crippen molar-refractivity contribution < 1.29 is 18.4 Å². The summed E-state index contributed by atoms with van der Waals surface area (Å²) in [4.78, 5) is 10.1. The van der Waals surface area contributed by atoms with Gasteiger partial charge in [0.15, 0.2) is 0 Å². The molecule has 8 heteroatoms. The van der Waals surface area contributed by atoms with Gasteiger partial charge in [-0.15, -0.1) is 0 Å². The minimum Gasteiger partial charge on any atom is -0.387 e. The average Bonchev–Trinajstić information content (AvgIpc) is 2.46. The Labute approximate surface area is 123 Å². The summed E-state index contributed by atoms with van der Waals surface area (Å²) in [5.74, 6) is 0.358. The predicted molar refractivity (Wildman–Crippen MR) is 77.7 cm³/mol. The summed E-state index contributed by atoms with van der Waals surface area (Å²) in [5, 5.41) is 23.7. The van der Waals surface area contributed by atoms with Gasteiger partial charge in [-0.2, -0.15) is 0 Å². The number of hydrogen-bond acceptors (Lipinski definition) is 6. The van der Waals surface area contributed by atoms with Crippen LogP contribution in [0.1, 0.15) is 24.5 Å². The average molecular weight is 314 g/mol. The van der Waals surface area contributed by atoms with E-state index in [4.69, 9.17) is 0 Å².